The molecule has 1 saturated heterocycles. The zero-order valence-corrected chi connectivity index (χ0v) is 10.3. The molecule has 3 atom stereocenters. The Morgan fingerprint density at radius 1 is 1.20 bits per heavy atom. The number of nitrogens with zero attached hydrogens (tertiary/aromatic N) is 1. The zero-order chi connectivity index (χ0) is 10.8. The molecule has 0 radical (unpaired) electrons. The van der Waals surface area contributed by atoms with E-state index in [1.165, 1.54) is 38.6 Å². The van der Waals surface area contributed by atoms with Crippen LogP contribution in [0.4, 0.5) is 0 Å². The van der Waals surface area contributed by atoms with Gasteiger partial charge in [0.1, 0.15) is 0 Å². The van der Waals surface area contributed by atoms with E-state index in [4.69, 9.17) is 5.73 Å². The third-order valence-electron chi connectivity index (χ3n) is 4.46. The van der Waals surface area contributed by atoms with Gasteiger partial charge in [-0.1, -0.05) is 20.3 Å². The first-order chi connectivity index (χ1) is 7.24. The summed E-state index contributed by atoms with van der Waals surface area (Å²) in [5, 5.41) is 0. The molecule has 2 aliphatic rings. The summed E-state index contributed by atoms with van der Waals surface area (Å²) in [7, 11) is 0. The average molecular weight is 210 g/mol. The van der Waals surface area contributed by atoms with Crippen LogP contribution >= 0.6 is 0 Å². The van der Waals surface area contributed by atoms with Gasteiger partial charge < -0.3 is 5.73 Å². The van der Waals surface area contributed by atoms with Crippen molar-refractivity contribution < 1.29 is 0 Å². The average Bonchev–Trinajstić information content (AvgIpc) is 2.85. The van der Waals surface area contributed by atoms with Crippen molar-refractivity contribution in [2.45, 2.75) is 58.0 Å². The minimum atomic E-state index is 0.782. The summed E-state index contributed by atoms with van der Waals surface area (Å²) < 4.78 is 0. The van der Waals surface area contributed by atoms with Crippen LogP contribution in [-0.4, -0.2) is 30.1 Å². The fourth-order valence-corrected chi connectivity index (χ4v) is 3.67. The molecule has 1 saturated carbocycles. The molecule has 2 heteroatoms. The molecular formula is C13H26N2. The molecule has 0 aromatic rings. The molecule has 0 bridgehead atoms. The quantitative estimate of drug-likeness (QED) is 0.774. The van der Waals surface area contributed by atoms with E-state index < -0.39 is 0 Å². The molecular weight excluding hydrogens is 184 g/mol. The van der Waals surface area contributed by atoms with Gasteiger partial charge in [-0.3, -0.25) is 4.90 Å². The van der Waals surface area contributed by atoms with E-state index in [1.807, 2.05) is 0 Å². The van der Waals surface area contributed by atoms with Crippen LogP contribution in [0, 0.1) is 11.8 Å². The second-order valence-corrected chi connectivity index (χ2v) is 5.69. The predicted molar refractivity (Wildman–Crippen MR) is 64.7 cm³/mol. The minimum Gasteiger partial charge on any atom is -0.330 e. The van der Waals surface area contributed by atoms with Gasteiger partial charge in [0.2, 0.25) is 0 Å². The molecule has 15 heavy (non-hydrogen) atoms. The van der Waals surface area contributed by atoms with Crippen LogP contribution < -0.4 is 5.73 Å². The topological polar surface area (TPSA) is 29.3 Å². The summed E-state index contributed by atoms with van der Waals surface area (Å²) in [6.45, 7) is 6.96. The van der Waals surface area contributed by atoms with Gasteiger partial charge in [-0.05, 0) is 50.6 Å². The molecule has 2 N–H and O–H groups in total. The monoisotopic (exact) mass is 210 g/mol. The second-order valence-electron chi connectivity index (χ2n) is 5.69. The Bertz CT molecular complexity index is 203. The minimum absolute atomic E-state index is 0.782. The Morgan fingerprint density at radius 3 is 2.67 bits per heavy atom. The van der Waals surface area contributed by atoms with Gasteiger partial charge in [-0.2, -0.15) is 0 Å². The predicted octanol–water partition coefficient (Wildman–Crippen LogP) is 2.23. The van der Waals surface area contributed by atoms with Crippen molar-refractivity contribution in [3.63, 3.8) is 0 Å². The van der Waals surface area contributed by atoms with Gasteiger partial charge in [0.15, 0.2) is 0 Å². The number of hydrogen-bond acceptors (Lipinski definition) is 2. The highest BCUT2D eigenvalue weighted by molar-refractivity contribution is 4.93. The Morgan fingerprint density at radius 2 is 2.00 bits per heavy atom. The second kappa shape index (κ2) is 4.84. The number of likely N-dealkylation sites (tertiary alicyclic amines) is 1. The molecule has 2 nitrogen and oxygen atoms in total. The Hall–Kier alpha value is -0.0800. The summed E-state index contributed by atoms with van der Waals surface area (Å²) in [4.78, 5) is 2.79. The van der Waals surface area contributed by atoms with E-state index in [0.29, 0.717) is 0 Å². The van der Waals surface area contributed by atoms with Crippen LogP contribution in [0.15, 0.2) is 0 Å². The Balaban J connectivity index is 2.02. The highest BCUT2D eigenvalue weighted by Crippen LogP contribution is 2.35. The summed E-state index contributed by atoms with van der Waals surface area (Å²) >= 11 is 0. The fraction of sp³-hybridized carbons (Fsp3) is 1.00. The molecule has 2 rings (SSSR count). The van der Waals surface area contributed by atoms with Gasteiger partial charge in [-0.25, -0.2) is 0 Å². The van der Waals surface area contributed by atoms with Crippen molar-refractivity contribution >= 4 is 0 Å². The van der Waals surface area contributed by atoms with Crippen LogP contribution in [0.25, 0.3) is 0 Å². The first-order valence-electron chi connectivity index (χ1n) is 6.70. The largest absolute Gasteiger partial charge is 0.330 e. The molecule has 1 aliphatic heterocycles. The lowest BCUT2D eigenvalue weighted by Gasteiger charge is -2.36. The van der Waals surface area contributed by atoms with Crippen LogP contribution in [0.1, 0.15) is 46.0 Å². The normalized spacial score (nSPS) is 38.0. The van der Waals surface area contributed by atoms with E-state index in [2.05, 4.69) is 18.7 Å². The summed E-state index contributed by atoms with van der Waals surface area (Å²) in [6, 6.07) is 1.65. The summed E-state index contributed by atoms with van der Waals surface area (Å²) in [5.74, 6) is 1.59. The maximum Gasteiger partial charge on any atom is 0.0139 e. The third-order valence-corrected chi connectivity index (χ3v) is 4.46. The maximum absolute atomic E-state index is 5.89. The van der Waals surface area contributed by atoms with Crippen molar-refractivity contribution in [3.05, 3.63) is 0 Å². The van der Waals surface area contributed by atoms with Crippen molar-refractivity contribution in [1.29, 1.82) is 0 Å². The summed E-state index contributed by atoms with van der Waals surface area (Å²) in [5.41, 5.74) is 5.89. The van der Waals surface area contributed by atoms with Crippen LogP contribution in [0.5, 0.6) is 0 Å². The SMILES string of the molecule is CC(C)C1CCCN1C1CCCC1CN. The molecule has 88 valence electrons. The number of rotatable bonds is 3. The van der Waals surface area contributed by atoms with Crippen molar-refractivity contribution in [3.8, 4) is 0 Å². The lowest BCUT2D eigenvalue weighted by Crippen LogP contribution is -2.45. The molecule has 1 heterocycles. The van der Waals surface area contributed by atoms with Crippen molar-refractivity contribution in [1.82, 2.24) is 4.90 Å². The third kappa shape index (κ3) is 2.21. The lowest BCUT2D eigenvalue weighted by atomic mass is 9.97. The maximum atomic E-state index is 5.89. The molecule has 0 aromatic heterocycles. The van der Waals surface area contributed by atoms with Gasteiger partial charge in [0, 0.05) is 12.1 Å². The molecule has 1 aliphatic carbocycles. The summed E-state index contributed by atoms with van der Waals surface area (Å²) in [6.07, 6.45) is 6.96. The lowest BCUT2D eigenvalue weighted by molar-refractivity contribution is 0.120. The smallest absolute Gasteiger partial charge is 0.0139 e. The fourth-order valence-electron chi connectivity index (χ4n) is 3.67. The standard InChI is InChI=1S/C13H26N2/c1-10(2)12-7-4-8-15(12)13-6-3-5-11(13)9-14/h10-13H,3-9,14H2,1-2H3. The van der Waals surface area contributed by atoms with Gasteiger partial charge in [-0.15, -0.1) is 0 Å². The Kier molecular flexibility index (Phi) is 3.68. The zero-order valence-electron chi connectivity index (χ0n) is 10.3. The van der Waals surface area contributed by atoms with E-state index in [9.17, 15) is 0 Å². The highest BCUT2D eigenvalue weighted by atomic mass is 15.2. The van der Waals surface area contributed by atoms with E-state index in [-0.39, 0.29) is 0 Å². The van der Waals surface area contributed by atoms with Crippen molar-refractivity contribution in [2.24, 2.45) is 17.6 Å². The van der Waals surface area contributed by atoms with Crippen molar-refractivity contribution in [2.75, 3.05) is 13.1 Å². The number of hydrogen-bond donors (Lipinski definition) is 1. The highest BCUT2D eigenvalue weighted by Gasteiger charge is 2.37. The molecule has 0 amide bonds. The Labute approximate surface area is 94.2 Å². The number of nitrogens with two attached hydrogens (primary N) is 1. The molecule has 2 fully saturated rings. The van der Waals surface area contributed by atoms with Gasteiger partial charge >= 0.3 is 0 Å². The molecule has 0 aromatic carbocycles. The molecule has 0 spiro atoms. The van der Waals surface area contributed by atoms with Gasteiger partial charge in [0.05, 0.1) is 0 Å². The van der Waals surface area contributed by atoms with E-state index in [0.717, 1.165) is 30.5 Å². The van der Waals surface area contributed by atoms with Crippen LogP contribution in [-0.2, 0) is 0 Å². The van der Waals surface area contributed by atoms with Crippen LogP contribution in [0.3, 0.4) is 0 Å². The van der Waals surface area contributed by atoms with E-state index >= 15 is 0 Å². The van der Waals surface area contributed by atoms with E-state index in [1.54, 1.807) is 0 Å². The first kappa shape index (κ1) is 11.4. The molecule has 3 unspecified atom stereocenters. The first-order valence-corrected chi connectivity index (χ1v) is 6.70. The van der Waals surface area contributed by atoms with Crippen LogP contribution in [0.2, 0.25) is 0 Å². The van der Waals surface area contributed by atoms with Gasteiger partial charge in [0.25, 0.3) is 0 Å².